The molecule has 10 heteroatoms. The number of benzene rings is 2. The van der Waals surface area contributed by atoms with Crippen LogP contribution >= 0.6 is 15.9 Å². The van der Waals surface area contributed by atoms with E-state index >= 15 is 0 Å². The number of carbonyl (C=O) groups excluding carboxylic acids is 1. The largest absolute Gasteiger partial charge is 0.416 e. The van der Waals surface area contributed by atoms with Crippen LogP contribution in [0.25, 0.3) is 11.3 Å². The Morgan fingerprint density at radius 1 is 1.14 bits per heavy atom. The lowest BCUT2D eigenvalue weighted by atomic mass is 10.0. The molecule has 0 fully saturated rings. The van der Waals surface area contributed by atoms with Crippen LogP contribution < -0.4 is 0 Å². The second-order valence-corrected chi connectivity index (χ2v) is 7.13. The van der Waals surface area contributed by atoms with Gasteiger partial charge in [0.2, 0.25) is 0 Å². The molecule has 0 aliphatic carbocycles. The average Bonchev–Trinajstić information content (AvgIpc) is 3.14. The monoisotopic (exact) mass is 465 g/mol. The number of tetrazole rings is 1. The van der Waals surface area contributed by atoms with Gasteiger partial charge in [-0.1, -0.05) is 24.3 Å². The number of aromatic nitrogens is 4. The maximum atomic E-state index is 13.1. The summed E-state index contributed by atoms with van der Waals surface area (Å²) in [5, 5.41) is 11.5. The Hall–Kier alpha value is -3.01. The van der Waals surface area contributed by atoms with E-state index < -0.39 is 17.5 Å². The summed E-state index contributed by atoms with van der Waals surface area (Å²) in [4.78, 5) is 14.7. The van der Waals surface area contributed by atoms with Crippen LogP contribution in [0, 0.1) is 0 Å². The molecule has 0 saturated heterocycles. The van der Waals surface area contributed by atoms with Gasteiger partial charge in [0.05, 0.1) is 16.8 Å². The number of Topliss-reactive ketones (excluding diaryl/α,β-unsaturated/α-hetero) is 1. The number of ketones is 1. The van der Waals surface area contributed by atoms with E-state index in [0.29, 0.717) is 10.2 Å². The molecule has 2 aromatic carbocycles. The number of carbonyl (C=O) groups is 1. The lowest BCUT2D eigenvalue weighted by molar-refractivity contribution is -0.137. The molecule has 150 valence electrons. The van der Waals surface area contributed by atoms with Gasteiger partial charge in [-0.15, -0.1) is 5.10 Å². The summed E-state index contributed by atoms with van der Waals surface area (Å²) in [7, 11) is 3.37. The number of para-hydroxylation sites is 1. The Bertz CT molecular complexity index is 1080. The molecule has 0 aliphatic rings. The van der Waals surface area contributed by atoms with Gasteiger partial charge < -0.3 is 4.90 Å². The zero-order valence-corrected chi connectivity index (χ0v) is 16.9. The smallest absolute Gasteiger partial charge is 0.383 e. The minimum absolute atomic E-state index is 0.0510. The highest BCUT2D eigenvalue weighted by Gasteiger charge is 2.31. The molecule has 0 N–H and O–H groups in total. The molecule has 1 aromatic heterocycles. The van der Waals surface area contributed by atoms with E-state index in [4.69, 9.17) is 0 Å². The lowest BCUT2D eigenvalue weighted by Crippen LogP contribution is -2.14. The number of nitrogens with zero attached hydrogens (tertiary/aromatic N) is 5. The highest BCUT2D eigenvalue weighted by atomic mass is 79.9. The summed E-state index contributed by atoms with van der Waals surface area (Å²) in [5.41, 5.74) is -0.392. The molecule has 6 nitrogen and oxygen atoms in total. The van der Waals surface area contributed by atoms with E-state index in [9.17, 15) is 18.0 Å². The topological polar surface area (TPSA) is 63.9 Å². The SMILES string of the molecule is CN(C)C=C(C(=O)c1cccc(C(F)(F)F)c1)c1nnnn1-c1ccccc1Br. The van der Waals surface area contributed by atoms with E-state index in [1.165, 1.54) is 23.0 Å². The van der Waals surface area contributed by atoms with Crippen molar-refractivity contribution >= 4 is 27.3 Å². The minimum atomic E-state index is -4.56. The molecule has 0 saturated carbocycles. The number of rotatable bonds is 5. The van der Waals surface area contributed by atoms with E-state index in [2.05, 4.69) is 31.5 Å². The third-order valence-corrected chi connectivity index (χ3v) is 4.55. The predicted molar refractivity (Wildman–Crippen MR) is 104 cm³/mol. The van der Waals surface area contributed by atoms with Gasteiger partial charge in [0.15, 0.2) is 11.6 Å². The quantitative estimate of drug-likeness (QED) is 0.416. The number of hydrogen-bond donors (Lipinski definition) is 0. The highest BCUT2D eigenvalue weighted by molar-refractivity contribution is 9.10. The number of alkyl halides is 3. The van der Waals surface area contributed by atoms with Crippen LogP contribution in [0.2, 0.25) is 0 Å². The number of halogens is 4. The molecule has 0 atom stereocenters. The van der Waals surface area contributed by atoms with Crippen LogP contribution in [0.15, 0.2) is 59.2 Å². The molecule has 3 aromatic rings. The van der Waals surface area contributed by atoms with Crippen molar-refractivity contribution in [2.24, 2.45) is 0 Å². The zero-order valence-electron chi connectivity index (χ0n) is 15.4. The molecular weight excluding hydrogens is 451 g/mol. The van der Waals surface area contributed by atoms with E-state index in [-0.39, 0.29) is 17.0 Å². The summed E-state index contributed by atoms with van der Waals surface area (Å²) in [6.07, 6.45) is -3.08. The molecule has 3 rings (SSSR count). The van der Waals surface area contributed by atoms with Gasteiger partial charge in [0, 0.05) is 30.3 Å². The molecule has 29 heavy (non-hydrogen) atoms. The van der Waals surface area contributed by atoms with Gasteiger partial charge in [0.25, 0.3) is 0 Å². The second kappa shape index (κ2) is 8.16. The van der Waals surface area contributed by atoms with Crippen molar-refractivity contribution in [1.29, 1.82) is 0 Å². The molecule has 0 radical (unpaired) electrons. The van der Waals surface area contributed by atoms with Crippen LogP contribution in [0.4, 0.5) is 13.2 Å². The second-order valence-electron chi connectivity index (χ2n) is 6.28. The van der Waals surface area contributed by atoms with E-state index in [0.717, 1.165) is 12.1 Å². The summed E-state index contributed by atoms with van der Waals surface area (Å²) < 4.78 is 41.2. The van der Waals surface area contributed by atoms with E-state index in [1.807, 2.05) is 6.07 Å². The average molecular weight is 466 g/mol. The number of hydrogen-bond acceptors (Lipinski definition) is 5. The highest BCUT2D eigenvalue weighted by Crippen LogP contribution is 2.31. The predicted octanol–water partition coefficient (Wildman–Crippen LogP) is 4.23. The van der Waals surface area contributed by atoms with Gasteiger partial charge in [-0.3, -0.25) is 4.79 Å². The molecule has 0 unspecified atom stereocenters. The van der Waals surface area contributed by atoms with Gasteiger partial charge in [-0.05, 0) is 50.6 Å². The normalized spacial score (nSPS) is 12.1. The van der Waals surface area contributed by atoms with Gasteiger partial charge >= 0.3 is 6.18 Å². The first-order chi connectivity index (χ1) is 13.7. The first-order valence-electron chi connectivity index (χ1n) is 8.32. The van der Waals surface area contributed by atoms with Gasteiger partial charge in [0.1, 0.15) is 0 Å². The van der Waals surface area contributed by atoms with Gasteiger partial charge in [-0.2, -0.15) is 17.9 Å². The third-order valence-electron chi connectivity index (χ3n) is 3.88. The Labute approximate surface area is 172 Å². The van der Waals surface area contributed by atoms with Crippen LogP contribution in [-0.4, -0.2) is 45.0 Å². The standard InChI is InChI=1S/C19H15BrF3N5O/c1-27(2)11-14(17(29)12-6-5-7-13(10-12)19(21,22)23)18-24-25-26-28(18)16-9-4-3-8-15(16)20/h3-11H,1-2H3. The lowest BCUT2D eigenvalue weighted by Gasteiger charge is -2.13. The summed E-state index contributed by atoms with van der Waals surface area (Å²) in [5.74, 6) is -0.527. The van der Waals surface area contributed by atoms with Crippen LogP contribution in [0.5, 0.6) is 0 Å². The molecular formula is C19H15BrF3N5O. The molecule has 0 amide bonds. The minimum Gasteiger partial charge on any atom is -0.383 e. The molecule has 0 spiro atoms. The van der Waals surface area contributed by atoms with Crippen molar-refractivity contribution in [2.45, 2.75) is 6.18 Å². The number of allylic oxidation sites excluding steroid dienone is 1. The van der Waals surface area contributed by atoms with Gasteiger partial charge in [-0.25, -0.2) is 0 Å². The first kappa shape index (κ1) is 20.7. The summed E-state index contributed by atoms with van der Waals surface area (Å²) in [6, 6.07) is 11.4. The molecule has 0 aliphatic heterocycles. The van der Waals surface area contributed by atoms with Crippen molar-refractivity contribution < 1.29 is 18.0 Å². The molecule has 1 heterocycles. The van der Waals surface area contributed by atoms with Crippen molar-refractivity contribution in [1.82, 2.24) is 25.1 Å². The fraction of sp³-hybridized carbons (Fsp3) is 0.158. The zero-order chi connectivity index (χ0) is 21.2. The fourth-order valence-electron chi connectivity index (χ4n) is 2.61. The van der Waals surface area contributed by atoms with E-state index in [1.54, 1.807) is 37.2 Å². The van der Waals surface area contributed by atoms with Crippen molar-refractivity contribution in [3.05, 3.63) is 76.2 Å². The van der Waals surface area contributed by atoms with Crippen molar-refractivity contribution in [3.63, 3.8) is 0 Å². The van der Waals surface area contributed by atoms with Crippen molar-refractivity contribution in [2.75, 3.05) is 14.1 Å². The fourth-order valence-corrected chi connectivity index (χ4v) is 3.06. The van der Waals surface area contributed by atoms with Crippen molar-refractivity contribution in [3.8, 4) is 5.69 Å². The van der Waals surface area contributed by atoms with Crippen LogP contribution in [-0.2, 0) is 6.18 Å². The maximum Gasteiger partial charge on any atom is 0.416 e. The third kappa shape index (κ3) is 4.53. The molecule has 0 bridgehead atoms. The van der Waals surface area contributed by atoms with Crippen LogP contribution in [0.1, 0.15) is 21.7 Å². The Morgan fingerprint density at radius 2 is 1.86 bits per heavy atom. The summed E-state index contributed by atoms with van der Waals surface area (Å²) >= 11 is 3.41. The summed E-state index contributed by atoms with van der Waals surface area (Å²) in [6.45, 7) is 0. The first-order valence-corrected chi connectivity index (χ1v) is 9.11. The Balaban J connectivity index is 2.12. The maximum absolute atomic E-state index is 13.1. The Kier molecular flexibility index (Phi) is 5.83. The van der Waals surface area contributed by atoms with Crippen LogP contribution in [0.3, 0.4) is 0 Å². The Morgan fingerprint density at radius 3 is 2.52 bits per heavy atom.